The molecule has 15 heavy (non-hydrogen) atoms. The van der Waals surface area contributed by atoms with Crippen molar-refractivity contribution in [3.63, 3.8) is 0 Å². The summed E-state index contributed by atoms with van der Waals surface area (Å²) in [5, 5.41) is 0. The molecular weight excluding hydrogens is 184 g/mol. The van der Waals surface area contributed by atoms with Crippen LogP contribution in [0.25, 0.3) is 0 Å². The van der Waals surface area contributed by atoms with E-state index in [9.17, 15) is 0 Å². The largest absolute Gasteiger partial charge is 0.326 e. The van der Waals surface area contributed by atoms with Crippen molar-refractivity contribution >= 4 is 0 Å². The summed E-state index contributed by atoms with van der Waals surface area (Å²) >= 11 is 0. The molecule has 0 bridgehead atoms. The van der Waals surface area contributed by atoms with Gasteiger partial charge in [0.2, 0.25) is 0 Å². The van der Waals surface area contributed by atoms with E-state index in [1.165, 1.54) is 45.1 Å². The minimum Gasteiger partial charge on any atom is -0.326 e. The molecule has 1 aliphatic carbocycles. The van der Waals surface area contributed by atoms with Crippen LogP contribution >= 0.6 is 0 Å². The van der Waals surface area contributed by atoms with Crippen LogP contribution in [-0.2, 0) is 0 Å². The van der Waals surface area contributed by atoms with Gasteiger partial charge in [-0.25, -0.2) is 0 Å². The van der Waals surface area contributed by atoms with Gasteiger partial charge in [0.25, 0.3) is 0 Å². The molecule has 1 rings (SSSR count). The highest BCUT2D eigenvalue weighted by molar-refractivity contribution is 4.79. The first-order valence-electron chi connectivity index (χ1n) is 6.75. The van der Waals surface area contributed by atoms with Crippen molar-refractivity contribution in [1.82, 2.24) is 4.90 Å². The van der Waals surface area contributed by atoms with Gasteiger partial charge in [-0.3, -0.25) is 0 Å². The Labute approximate surface area is 95.2 Å². The van der Waals surface area contributed by atoms with E-state index >= 15 is 0 Å². The van der Waals surface area contributed by atoms with Crippen molar-refractivity contribution in [1.29, 1.82) is 0 Å². The molecule has 90 valence electrons. The van der Waals surface area contributed by atoms with Gasteiger partial charge in [0.15, 0.2) is 0 Å². The predicted octanol–water partition coefficient (Wildman–Crippen LogP) is 2.63. The third-order valence-corrected chi connectivity index (χ3v) is 3.71. The number of nitrogens with two attached hydrogens (primary N) is 1. The first kappa shape index (κ1) is 13.0. The molecule has 1 saturated carbocycles. The Morgan fingerprint density at radius 1 is 1.20 bits per heavy atom. The summed E-state index contributed by atoms with van der Waals surface area (Å²) in [6.07, 6.45) is 8.20. The lowest BCUT2D eigenvalue weighted by molar-refractivity contribution is 0.213. The molecule has 0 aromatic rings. The molecule has 0 saturated heterocycles. The summed E-state index contributed by atoms with van der Waals surface area (Å²) in [5.41, 5.74) is 6.31. The van der Waals surface area contributed by atoms with Gasteiger partial charge in [0.1, 0.15) is 0 Å². The van der Waals surface area contributed by atoms with Crippen LogP contribution in [0.15, 0.2) is 0 Å². The standard InChI is InChI=1S/C13H28N2/c1-3-10-15(4-2)11-13(14)12-8-6-5-7-9-12/h12-13H,3-11,14H2,1-2H3. The number of nitrogens with zero attached hydrogens (tertiary/aromatic N) is 1. The fourth-order valence-corrected chi connectivity index (χ4v) is 2.70. The molecule has 2 heteroatoms. The molecule has 0 spiro atoms. The van der Waals surface area contributed by atoms with Crippen LogP contribution in [-0.4, -0.2) is 30.6 Å². The number of hydrogen-bond donors (Lipinski definition) is 1. The highest BCUT2D eigenvalue weighted by atomic mass is 15.1. The molecule has 0 radical (unpaired) electrons. The van der Waals surface area contributed by atoms with Gasteiger partial charge in [-0.2, -0.15) is 0 Å². The van der Waals surface area contributed by atoms with Crippen LogP contribution in [0.1, 0.15) is 52.4 Å². The van der Waals surface area contributed by atoms with Gasteiger partial charge in [-0.15, -0.1) is 0 Å². The van der Waals surface area contributed by atoms with Crippen LogP contribution in [0.2, 0.25) is 0 Å². The first-order valence-corrected chi connectivity index (χ1v) is 6.75. The Morgan fingerprint density at radius 2 is 1.87 bits per heavy atom. The van der Waals surface area contributed by atoms with Gasteiger partial charge in [0.05, 0.1) is 0 Å². The highest BCUT2D eigenvalue weighted by Gasteiger charge is 2.21. The lowest BCUT2D eigenvalue weighted by atomic mass is 9.84. The Morgan fingerprint density at radius 3 is 2.40 bits per heavy atom. The number of likely N-dealkylation sites (N-methyl/N-ethyl adjacent to an activating group) is 1. The molecule has 1 atom stereocenters. The van der Waals surface area contributed by atoms with Crippen molar-refractivity contribution in [2.24, 2.45) is 11.7 Å². The normalized spacial score (nSPS) is 20.8. The van der Waals surface area contributed by atoms with Crippen molar-refractivity contribution in [3.05, 3.63) is 0 Å². The molecule has 0 aromatic carbocycles. The van der Waals surface area contributed by atoms with Gasteiger partial charge < -0.3 is 10.6 Å². The van der Waals surface area contributed by atoms with Crippen molar-refractivity contribution < 1.29 is 0 Å². The molecule has 0 aromatic heterocycles. The van der Waals surface area contributed by atoms with E-state index in [1.54, 1.807) is 0 Å². The average molecular weight is 212 g/mol. The van der Waals surface area contributed by atoms with E-state index in [4.69, 9.17) is 5.73 Å². The van der Waals surface area contributed by atoms with E-state index in [2.05, 4.69) is 18.7 Å². The summed E-state index contributed by atoms with van der Waals surface area (Å²) in [4.78, 5) is 2.50. The third-order valence-electron chi connectivity index (χ3n) is 3.71. The molecule has 1 unspecified atom stereocenters. The Bertz CT molecular complexity index is 153. The van der Waals surface area contributed by atoms with Crippen molar-refractivity contribution in [2.45, 2.75) is 58.4 Å². The Balaban J connectivity index is 2.28. The zero-order valence-electron chi connectivity index (χ0n) is 10.5. The predicted molar refractivity (Wildman–Crippen MR) is 67.0 cm³/mol. The second-order valence-corrected chi connectivity index (χ2v) is 4.96. The topological polar surface area (TPSA) is 29.3 Å². The number of rotatable bonds is 6. The van der Waals surface area contributed by atoms with Crippen molar-refractivity contribution in [3.8, 4) is 0 Å². The lowest BCUT2D eigenvalue weighted by Crippen LogP contribution is -2.43. The maximum absolute atomic E-state index is 6.31. The van der Waals surface area contributed by atoms with E-state index < -0.39 is 0 Å². The van der Waals surface area contributed by atoms with Gasteiger partial charge in [0, 0.05) is 12.6 Å². The number of hydrogen-bond acceptors (Lipinski definition) is 2. The molecule has 0 heterocycles. The third kappa shape index (κ3) is 4.52. The maximum atomic E-state index is 6.31. The second-order valence-electron chi connectivity index (χ2n) is 4.96. The van der Waals surface area contributed by atoms with Gasteiger partial charge >= 0.3 is 0 Å². The van der Waals surface area contributed by atoms with E-state index in [0.717, 1.165) is 19.0 Å². The molecule has 2 N–H and O–H groups in total. The van der Waals surface area contributed by atoms with Crippen LogP contribution in [0.4, 0.5) is 0 Å². The summed E-state index contributed by atoms with van der Waals surface area (Å²) in [6, 6.07) is 0.414. The quantitative estimate of drug-likeness (QED) is 0.733. The molecule has 1 fully saturated rings. The SMILES string of the molecule is CCCN(CC)CC(N)C1CCCCC1. The van der Waals surface area contributed by atoms with E-state index in [1.807, 2.05) is 0 Å². The van der Waals surface area contributed by atoms with Crippen LogP contribution in [0.5, 0.6) is 0 Å². The summed E-state index contributed by atoms with van der Waals surface area (Å²) in [6.45, 7) is 7.94. The van der Waals surface area contributed by atoms with Crippen LogP contribution in [0, 0.1) is 5.92 Å². The fraction of sp³-hybridized carbons (Fsp3) is 1.00. The van der Waals surface area contributed by atoms with Gasteiger partial charge in [-0.05, 0) is 38.3 Å². The summed E-state index contributed by atoms with van der Waals surface area (Å²) in [7, 11) is 0. The van der Waals surface area contributed by atoms with E-state index in [0.29, 0.717) is 6.04 Å². The molecule has 0 amide bonds. The minimum atomic E-state index is 0.414. The lowest BCUT2D eigenvalue weighted by Gasteiger charge is -2.31. The summed E-state index contributed by atoms with van der Waals surface area (Å²) in [5.74, 6) is 0.796. The fourth-order valence-electron chi connectivity index (χ4n) is 2.70. The smallest absolute Gasteiger partial charge is 0.0196 e. The summed E-state index contributed by atoms with van der Waals surface area (Å²) < 4.78 is 0. The van der Waals surface area contributed by atoms with Crippen LogP contribution < -0.4 is 5.73 Å². The first-order chi connectivity index (χ1) is 7.27. The Hall–Kier alpha value is -0.0800. The molecule has 2 nitrogen and oxygen atoms in total. The van der Waals surface area contributed by atoms with Gasteiger partial charge in [-0.1, -0.05) is 33.1 Å². The zero-order valence-corrected chi connectivity index (χ0v) is 10.5. The van der Waals surface area contributed by atoms with E-state index in [-0.39, 0.29) is 0 Å². The molecule has 1 aliphatic rings. The Kier molecular flexibility index (Phi) is 6.26. The average Bonchev–Trinajstić information content (AvgIpc) is 2.29. The minimum absolute atomic E-state index is 0.414. The van der Waals surface area contributed by atoms with Crippen molar-refractivity contribution in [2.75, 3.05) is 19.6 Å². The monoisotopic (exact) mass is 212 g/mol. The second kappa shape index (κ2) is 7.24. The highest BCUT2D eigenvalue weighted by Crippen LogP contribution is 2.25. The molecule has 0 aliphatic heterocycles. The molecular formula is C13H28N2. The van der Waals surface area contributed by atoms with Crippen LogP contribution in [0.3, 0.4) is 0 Å². The zero-order chi connectivity index (χ0) is 11.1. The maximum Gasteiger partial charge on any atom is 0.0196 e.